The SMILES string of the molecule is Nc1ccc(Cc2ccc(N=C=S)cc2)cc1. The molecule has 0 aliphatic heterocycles. The van der Waals surface area contributed by atoms with Gasteiger partial charge in [0.05, 0.1) is 10.8 Å². The molecule has 84 valence electrons. The fraction of sp³-hybridized carbons (Fsp3) is 0.0714. The van der Waals surface area contributed by atoms with Crippen LogP contribution in [0.15, 0.2) is 53.5 Å². The van der Waals surface area contributed by atoms with E-state index in [2.05, 4.69) is 22.4 Å². The molecule has 2 nitrogen and oxygen atoms in total. The predicted octanol–water partition coefficient (Wildman–Crippen LogP) is 3.59. The van der Waals surface area contributed by atoms with E-state index in [9.17, 15) is 0 Å². The number of anilines is 1. The van der Waals surface area contributed by atoms with Gasteiger partial charge in [-0.3, -0.25) is 0 Å². The Morgan fingerprint density at radius 2 is 1.47 bits per heavy atom. The fourth-order valence-corrected chi connectivity index (χ4v) is 1.72. The minimum atomic E-state index is 0.791. The van der Waals surface area contributed by atoms with Crippen molar-refractivity contribution in [3.8, 4) is 0 Å². The smallest absolute Gasteiger partial charge is 0.0739 e. The monoisotopic (exact) mass is 240 g/mol. The number of thiocarbonyl (C=S) groups is 1. The summed E-state index contributed by atoms with van der Waals surface area (Å²) in [6, 6.07) is 15.9. The van der Waals surface area contributed by atoms with E-state index in [1.54, 1.807) is 0 Å². The van der Waals surface area contributed by atoms with E-state index in [0.29, 0.717) is 0 Å². The van der Waals surface area contributed by atoms with E-state index < -0.39 is 0 Å². The average Bonchev–Trinajstić information content (AvgIpc) is 2.35. The van der Waals surface area contributed by atoms with Gasteiger partial charge >= 0.3 is 0 Å². The van der Waals surface area contributed by atoms with Gasteiger partial charge in [-0.1, -0.05) is 24.3 Å². The Bertz CT molecular complexity index is 537. The lowest BCUT2D eigenvalue weighted by Crippen LogP contribution is -1.89. The van der Waals surface area contributed by atoms with Crippen molar-refractivity contribution in [3.63, 3.8) is 0 Å². The molecule has 0 unspecified atom stereocenters. The molecule has 0 saturated carbocycles. The summed E-state index contributed by atoms with van der Waals surface area (Å²) >= 11 is 4.56. The van der Waals surface area contributed by atoms with Crippen LogP contribution in [-0.2, 0) is 6.42 Å². The second-order valence-electron chi connectivity index (χ2n) is 3.79. The van der Waals surface area contributed by atoms with Gasteiger partial charge in [0.2, 0.25) is 0 Å². The summed E-state index contributed by atoms with van der Waals surface area (Å²) in [4.78, 5) is 3.91. The molecule has 0 aromatic heterocycles. The van der Waals surface area contributed by atoms with Gasteiger partial charge in [-0.25, -0.2) is 0 Å². The van der Waals surface area contributed by atoms with E-state index in [1.807, 2.05) is 48.5 Å². The molecule has 0 bridgehead atoms. The number of hydrogen-bond acceptors (Lipinski definition) is 3. The molecule has 2 rings (SSSR count). The van der Waals surface area contributed by atoms with Crippen LogP contribution in [-0.4, -0.2) is 5.16 Å². The Hall–Kier alpha value is -1.96. The molecule has 3 heteroatoms. The van der Waals surface area contributed by atoms with Crippen LogP contribution in [0.3, 0.4) is 0 Å². The highest BCUT2D eigenvalue weighted by atomic mass is 32.1. The zero-order chi connectivity index (χ0) is 12.1. The highest BCUT2D eigenvalue weighted by molar-refractivity contribution is 7.78. The van der Waals surface area contributed by atoms with Crippen molar-refractivity contribution in [1.29, 1.82) is 0 Å². The van der Waals surface area contributed by atoms with Gasteiger partial charge in [-0.15, -0.1) is 0 Å². The lowest BCUT2D eigenvalue weighted by molar-refractivity contribution is 1.19. The number of nitrogens with two attached hydrogens (primary N) is 1. The van der Waals surface area contributed by atoms with Crippen LogP contribution in [0.25, 0.3) is 0 Å². The highest BCUT2D eigenvalue weighted by Crippen LogP contribution is 2.16. The topological polar surface area (TPSA) is 38.4 Å². The molecule has 2 aromatic rings. The first-order valence-electron chi connectivity index (χ1n) is 5.29. The first-order chi connectivity index (χ1) is 8.28. The van der Waals surface area contributed by atoms with Crippen LogP contribution >= 0.6 is 12.2 Å². The molecule has 2 N–H and O–H groups in total. The van der Waals surface area contributed by atoms with Gasteiger partial charge in [-0.2, -0.15) is 4.99 Å². The molecule has 0 aliphatic rings. The molecular weight excluding hydrogens is 228 g/mol. The second-order valence-corrected chi connectivity index (χ2v) is 3.97. The molecule has 0 aliphatic carbocycles. The minimum absolute atomic E-state index is 0.791. The lowest BCUT2D eigenvalue weighted by Gasteiger charge is -2.02. The Labute approximate surface area is 106 Å². The summed E-state index contributed by atoms with van der Waals surface area (Å²) in [6.07, 6.45) is 0.891. The number of nitrogens with zero attached hydrogens (tertiary/aromatic N) is 1. The van der Waals surface area contributed by atoms with Gasteiger partial charge in [-0.05, 0) is 54.0 Å². The van der Waals surface area contributed by atoms with E-state index in [-0.39, 0.29) is 0 Å². The van der Waals surface area contributed by atoms with E-state index >= 15 is 0 Å². The molecule has 0 spiro atoms. The number of nitrogen functional groups attached to an aromatic ring is 1. The van der Waals surface area contributed by atoms with Crippen LogP contribution < -0.4 is 5.73 Å². The summed E-state index contributed by atoms with van der Waals surface area (Å²) in [6.45, 7) is 0. The number of hydrogen-bond donors (Lipinski definition) is 1. The Kier molecular flexibility index (Phi) is 3.66. The summed E-state index contributed by atoms with van der Waals surface area (Å²) in [7, 11) is 0. The molecule has 2 aromatic carbocycles. The van der Waals surface area contributed by atoms with Crippen molar-refractivity contribution in [2.75, 3.05) is 5.73 Å². The zero-order valence-corrected chi connectivity index (χ0v) is 10.1. The first-order valence-corrected chi connectivity index (χ1v) is 5.70. The van der Waals surface area contributed by atoms with Gasteiger partial charge in [0.15, 0.2) is 0 Å². The third-order valence-corrected chi connectivity index (χ3v) is 2.59. The summed E-state index contributed by atoms with van der Waals surface area (Å²) in [5.74, 6) is 0. The van der Waals surface area contributed by atoms with Crippen LogP contribution in [0.1, 0.15) is 11.1 Å². The average molecular weight is 240 g/mol. The lowest BCUT2D eigenvalue weighted by atomic mass is 10.0. The van der Waals surface area contributed by atoms with E-state index in [4.69, 9.17) is 5.73 Å². The summed E-state index contributed by atoms with van der Waals surface area (Å²) < 4.78 is 0. The molecule has 0 fully saturated rings. The maximum absolute atomic E-state index is 5.64. The number of rotatable bonds is 3. The number of aliphatic imine (C=N–C) groups is 1. The largest absolute Gasteiger partial charge is 0.399 e. The van der Waals surface area contributed by atoms with Crippen molar-refractivity contribution in [2.45, 2.75) is 6.42 Å². The molecular formula is C14H12N2S. The van der Waals surface area contributed by atoms with Crippen molar-refractivity contribution in [3.05, 3.63) is 59.7 Å². The van der Waals surface area contributed by atoms with Crippen molar-refractivity contribution in [2.24, 2.45) is 4.99 Å². The number of isothiocyanates is 1. The quantitative estimate of drug-likeness (QED) is 0.506. The molecule has 0 saturated heterocycles. The Morgan fingerprint density at radius 3 is 2.00 bits per heavy atom. The minimum Gasteiger partial charge on any atom is -0.399 e. The van der Waals surface area contributed by atoms with E-state index in [1.165, 1.54) is 11.1 Å². The summed E-state index contributed by atoms with van der Waals surface area (Å²) in [5.41, 5.74) is 9.74. The van der Waals surface area contributed by atoms with Crippen molar-refractivity contribution < 1.29 is 0 Å². The Morgan fingerprint density at radius 1 is 0.941 bits per heavy atom. The van der Waals surface area contributed by atoms with Crippen LogP contribution in [0.2, 0.25) is 0 Å². The van der Waals surface area contributed by atoms with Gasteiger partial charge in [0, 0.05) is 5.69 Å². The predicted molar refractivity (Wildman–Crippen MR) is 74.8 cm³/mol. The van der Waals surface area contributed by atoms with Gasteiger partial charge in [0.1, 0.15) is 0 Å². The normalized spacial score (nSPS) is 9.65. The van der Waals surface area contributed by atoms with Gasteiger partial charge < -0.3 is 5.73 Å². The third kappa shape index (κ3) is 3.25. The van der Waals surface area contributed by atoms with Crippen LogP contribution in [0, 0.1) is 0 Å². The second kappa shape index (κ2) is 5.39. The van der Waals surface area contributed by atoms with Crippen molar-refractivity contribution in [1.82, 2.24) is 0 Å². The highest BCUT2D eigenvalue weighted by Gasteiger charge is 1.96. The molecule has 0 atom stereocenters. The Balaban J connectivity index is 2.13. The number of benzene rings is 2. The third-order valence-electron chi connectivity index (χ3n) is 2.50. The fourth-order valence-electron chi connectivity index (χ4n) is 1.61. The zero-order valence-electron chi connectivity index (χ0n) is 9.26. The summed E-state index contributed by atoms with van der Waals surface area (Å²) in [5, 5.41) is 2.35. The maximum Gasteiger partial charge on any atom is 0.0739 e. The van der Waals surface area contributed by atoms with E-state index in [0.717, 1.165) is 17.8 Å². The molecule has 0 heterocycles. The maximum atomic E-state index is 5.64. The standard InChI is InChI=1S/C14H12N2S/c15-13-5-1-11(2-6-13)9-12-3-7-14(8-4-12)16-10-17/h1-8H,9,15H2. The first kappa shape index (κ1) is 11.5. The van der Waals surface area contributed by atoms with Crippen LogP contribution in [0.4, 0.5) is 11.4 Å². The van der Waals surface area contributed by atoms with Crippen LogP contribution in [0.5, 0.6) is 0 Å². The molecule has 0 radical (unpaired) electrons. The molecule has 17 heavy (non-hydrogen) atoms. The molecule has 0 amide bonds. The van der Waals surface area contributed by atoms with Gasteiger partial charge in [0.25, 0.3) is 0 Å². The van der Waals surface area contributed by atoms with Crippen molar-refractivity contribution >= 4 is 28.8 Å².